The number of hydrogen-bond acceptors (Lipinski definition) is 9. The summed E-state index contributed by atoms with van der Waals surface area (Å²) >= 11 is 2.54. The van der Waals surface area contributed by atoms with Crippen molar-refractivity contribution >= 4 is 55.3 Å². The number of ether oxygens (including phenoxy) is 3. The van der Waals surface area contributed by atoms with Gasteiger partial charge in [0.25, 0.3) is 11.6 Å². The molecule has 2 aromatic heterocycles. The summed E-state index contributed by atoms with van der Waals surface area (Å²) < 4.78 is 16.9. The topological polar surface area (TPSA) is 117 Å². The number of rotatable bonds is 7. The zero-order valence-corrected chi connectivity index (χ0v) is 20.9. The van der Waals surface area contributed by atoms with E-state index in [1.807, 2.05) is 25.1 Å². The number of fused-ring (bicyclic) bond motifs is 2. The van der Waals surface area contributed by atoms with E-state index >= 15 is 0 Å². The lowest BCUT2D eigenvalue weighted by atomic mass is 10.1. The van der Waals surface area contributed by atoms with E-state index in [9.17, 15) is 19.7 Å². The molecule has 0 saturated heterocycles. The second kappa shape index (κ2) is 9.59. The number of thiophene rings is 2. The van der Waals surface area contributed by atoms with Gasteiger partial charge in [-0.1, -0.05) is 6.07 Å². The minimum atomic E-state index is -0.509. The first-order chi connectivity index (χ1) is 17.3. The summed E-state index contributed by atoms with van der Waals surface area (Å²) in [5.74, 6) is 0.451. The Bertz CT molecular complexity index is 1520. The Morgan fingerprint density at radius 1 is 1.11 bits per heavy atom. The number of carbonyl (C=O) groups is 2. The molecule has 4 aromatic rings. The first-order valence-electron chi connectivity index (χ1n) is 11.0. The molecule has 0 unspecified atom stereocenters. The van der Waals surface area contributed by atoms with Gasteiger partial charge in [-0.05, 0) is 49.2 Å². The Kier molecular flexibility index (Phi) is 6.33. The van der Waals surface area contributed by atoms with Crippen molar-refractivity contribution in [1.29, 1.82) is 0 Å². The second-order valence-electron chi connectivity index (χ2n) is 7.98. The normalized spacial score (nSPS) is 12.1. The highest BCUT2D eigenvalue weighted by Gasteiger charge is 2.25. The fourth-order valence-electron chi connectivity index (χ4n) is 3.92. The van der Waals surface area contributed by atoms with Crippen molar-refractivity contribution in [3.63, 3.8) is 0 Å². The highest BCUT2D eigenvalue weighted by Crippen LogP contribution is 2.38. The van der Waals surface area contributed by atoms with E-state index in [-0.39, 0.29) is 19.1 Å². The first-order valence-corrected chi connectivity index (χ1v) is 12.6. The minimum absolute atomic E-state index is 0.0427. The number of non-ortho nitro benzene ring substituents is 1. The average Bonchev–Trinajstić information content (AvgIpc) is 3.56. The van der Waals surface area contributed by atoms with Gasteiger partial charge in [-0.15, -0.1) is 22.7 Å². The molecule has 0 atom stereocenters. The Morgan fingerprint density at radius 2 is 1.92 bits per heavy atom. The molecule has 0 radical (unpaired) electrons. The predicted molar refractivity (Wildman–Crippen MR) is 137 cm³/mol. The quantitative estimate of drug-likeness (QED) is 0.181. The number of carbonyl (C=O) groups excluding carboxylic acids is 2. The van der Waals surface area contributed by atoms with E-state index in [0.29, 0.717) is 38.7 Å². The van der Waals surface area contributed by atoms with Crippen molar-refractivity contribution in [2.75, 3.05) is 18.7 Å². The maximum atomic E-state index is 13.1. The number of esters is 1. The van der Waals surface area contributed by atoms with Crippen LogP contribution in [0.4, 0.5) is 10.7 Å². The lowest BCUT2D eigenvalue weighted by molar-refractivity contribution is -0.384. The van der Waals surface area contributed by atoms with E-state index in [4.69, 9.17) is 14.2 Å². The van der Waals surface area contributed by atoms with Crippen LogP contribution in [-0.4, -0.2) is 30.2 Å². The summed E-state index contributed by atoms with van der Waals surface area (Å²) in [4.78, 5) is 37.8. The number of amides is 1. The van der Waals surface area contributed by atoms with Gasteiger partial charge in [0, 0.05) is 33.5 Å². The zero-order valence-electron chi connectivity index (χ0n) is 19.3. The monoisotopic (exact) mass is 524 g/mol. The van der Waals surface area contributed by atoms with Crippen molar-refractivity contribution in [2.24, 2.45) is 0 Å². The summed E-state index contributed by atoms with van der Waals surface area (Å²) in [7, 11) is 0. The van der Waals surface area contributed by atoms with Crippen LogP contribution in [0.15, 0.2) is 42.5 Å². The van der Waals surface area contributed by atoms with Gasteiger partial charge in [0.15, 0.2) is 11.5 Å². The molecule has 5 rings (SSSR count). The molecule has 0 saturated carbocycles. The molecule has 184 valence electrons. The van der Waals surface area contributed by atoms with Crippen molar-refractivity contribution in [2.45, 2.75) is 20.3 Å². The summed E-state index contributed by atoms with van der Waals surface area (Å²) in [5.41, 5.74) is 1.99. The van der Waals surface area contributed by atoms with Crippen molar-refractivity contribution in [3.05, 3.63) is 79.0 Å². The number of nitro groups is 1. The number of hydrogen-bond donors (Lipinski definition) is 1. The molecule has 1 N–H and O–H groups in total. The van der Waals surface area contributed by atoms with Crippen LogP contribution >= 0.6 is 22.7 Å². The first kappa shape index (κ1) is 23.8. The van der Waals surface area contributed by atoms with Crippen LogP contribution in [0, 0.1) is 17.0 Å². The van der Waals surface area contributed by atoms with Gasteiger partial charge in [-0.25, -0.2) is 4.79 Å². The van der Waals surface area contributed by atoms with Gasteiger partial charge in [0.2, 0.25) is 6.79 Å². The zero-order chi connectivity index (χ0) is 25.4. The molecular weight excluding hydrogens is 504 g/mol. The van der Waals surface area contributed by atoms with Gasteiger partial charge >= 0.3 is 5.97 Å². The molecule has 1 aliphatic heterocycles. The van der Waals surface area contributed by atoms with E-state index in [1.54, 1.807) is 19.1 Å². The molecule has 11 heteroatoms. The van der Waals surface area contributed by atoms with E-state index < -0.39 is 16.8 Å². The molecular formula is C25H20N2O7S2. The summed E-state index contributed by atoms with van der Waals surface area (Å²) in [6, 6.07) is 11.8. The molecule has 36 heavy (non-hydrogen) atoms. The fraction of sp³-hybridized carbons (Fsp3) is 0.200. The minimum Gasteiger partial charge on any atom is -0.462 e. The Balaban J connectivity index is 1.45. The SMILES string of the molecule is CCOC(=O)c1c(NC(=O)c2cc3cc([N+](=O)[O-])ccc3s2)sc(Cc2ccc3c(c2)OCO3)c1C. The molecule has 0 fully saturated rings. The van der Waals surface area contributed by atoms with Crippen molar-refractivity contribution in [1.82, 2.24) is 0 Å². The van der Waals surface area contributed by atoms with Crippen LogP contribution in [0.25, 0.3) is 10.1 Å². The molecule has 1 aliphatic rings. The molecule has 0 spiro atoms. The standard InChI is InChI=1S/C25H20N2O7S2/c1-3-32-25(29)22-13(2)20(9-14-4-6-17-18(8-14)34-12-33-17)36-24(22)26-23(28)21-11-15-10-16(27(30)31)5-7-19(15)35-21/h4-8,10-11H,3,9,12H2,1-2H3,(H,26,28). The van der Waals surface area contributed by atoms with E-state index in [0.717, 1.165) is 20.7 Å². The lowest BCUT2D eigenvalue weighted by Crippen LogP contribution is -2.13. The van der Waals surface area contributed by atoms with Gasteiger partial charge < -0.3 is 19.5 Å². The summed E-state index contributed by atoms with van der Waals surface area (Å²) in [5, 5.41) is 14.9. The number of anilines is 1. The van der Waals surface area contributed by atoms with Gasteiger partial charge in [0.05, 0.1) is 22.0 Å². The van der Waals surface area contributed by atoms with Crippen LogP contribution in [-0.2, 0) is 11.2 Å². The van der Waals surface area contributed by atoms with Crippen LogP contribution < -0.4 is 14.8 Å². The molecule has 3 heterocycles. The number of nitrogens with zero attached hydrogens (tertiary/aromatic N) is 1. The Morgan fingerprint density at radius 3 is 2.69 bits per heavy atom. The fourth-order valence-corrected chi connectivity index (χ4v) is 6.08. The molecule has 9 nitrogen and oxygen atoms in total. The van der Waals surface area contributed by atoms with Crippen LogP contribution in [0.3, 0.4) is 0 Å². The van der Waals surface area contributed by atoms with Crippen molar-refractivity contribution in [3.8, 4) is 11.5 Å². The highest BCUT2D eigenvalue weighted by molar-refractivity contribution is 7.21. The molecule has 0 bridgehead atoms. The smallest absolute Gasteiger partial charge is 0.341 e. The third kappa shape index (κ3) is 4.50. The van der Waals surface area contributed by atoms with Gasteiger partial charge in [-0.2, -0.15) is 0 Å². The summed E-state index contributed by atoms with van der Waals surface area (Å²) in [6.07, 6.45) is 0.530. The second-order valence-corrected chi connectivity index (χ2v) is 10.2. The Hall–Kier alpha value is -3.96. The van der Waals surface area contributed by atoms with Crippen LogP contribution in [0.2, 0.25) is 0 Å². The molecule has 1 amide bonds. The van der Waals surface area contributed by atoms with Crippen LogP contribution in [0.5, 0.6) is 11.5 Å². The maximum absolute atomic E-state index is 13.1. The van der Waals surface area contributed by atoms with Gasteiger partial charge in [0.1, 0.15) is 5.00 Å². The van der Waals surface area contributed by atoms with Crippen molar-refractivity contribution < 1.29 is 28.7 Å². The average molecular weight is 525 g/mol. The van der Waals surface area contributed by atoms with E-state index in [1.165, 1.54) is 34.8 Å². The van der Waals surface area contributed by atoms with Crippen LogP contribution in [0.1, 0.15) is 43.0 Å². The number of nitrogens with one attached hydrogen (secondary N) is 1. The third-order valence-electron chi connectivity index (χ3n) is 5.69. The highest BCUT2D eigenvalue weighted by atomic mass is 32.1. The lowest BCUT2D eigenvalue weighted by Gasteiger charge is -2.06. The predicted octanol–water partition coefficient (Wildman–Crippen LogP) is 5.93. The van der Waals surface area contributed by atoms with Gasteiger partial charge in [-0.3, -0.25) is 14.9 Å². The third-order valence-corrected chi connectivity index (χ3v) is 8.01. The molecule has 2 aromatic carbocycles. The summed E-state index contributed by atoms with van der Waals surface area (Å²) in [6.45, 7) is 3.94. The number of nitro benzene ring substituents is 1. The largest absolute Gasteiger partial charge is 0.462 e. The van der Waals surface area contributed by atoms with E-state index in [2.05, 4.69) is 5.32 Å². The number of benzene rings is 2. The maximum Gasteiger partial charge on any atom is 0.341 e. The molecule has 0 aliphatic carbocycles. The Labute approximate surface area is 213 Å².